The molecular weight excluding hydrogens is 298 g/mol. The van der Waals surface area contributed by atoms with Crippen molar-refractivity contribution < 1.29 is 27.2 Å². The lowest BCUT2D eigenvalue weighted by atomic mass is 10.1. The van der Waals surface area contributed by atoms with Crippen LogP contribution in [0.4, 0.5) is 17.6 Å². The van der Waals surface area contributed by atoms with E-state index in [2.05, 4.69) is 4.36 Å². The monoisotopic (exact) mass is 307 g/mol. The number of alkyl halides is 3. The van der Waals surface area contributed by atoms with Crippen molar-refractivity contribution in [2.75, 3.05) is 0 Å². The van der Waals surface area contributed by atoms with E-state index in [9.17, 15) is 27.2 Å². The van der Waals surface area contributed by atoms with Crippen molar-refractivity contribution in [3.05, 3.63) is 29.1 Å². The molecule has 1 aromatic rings. The molecule has 108 valence electrons. The van der Waals surface area contributed by atoms with Crippen LogP contribution in [0.3, 0.4) is 0 Å². The Labute approximate surface area is 114 Å². The van der Waals surface area contributed by atoms with E-state index in [1.807, 2.05) is 0 Å². The zero-order valence-corrected chi connectivity index (χ0v) is 11.1. The van der Waals surface area contributed by atoms with Gasteiger partial charge in [0.05, 0.1) is 0 Å². The number of nitrogens with zero attached hydrogens (tertiary/aromatic N) is 1. The molecule has 0 N–H and O–H groups in total. The highest BCUT2D eigenvalue weighted by Crippen LogP contribution is 2.36. The molecule has 1 unspecified atom stereocenters. The average molecular weight is 307 g/mol. The fourth-order valence-electron chi connectivity index (χ4n) is 2.03. The minimum atomic E-state index is -4.79. The largest absolute Gasteiger partial charge is 0.457 e. The predicted octanol–water partition coefficient (Wildman–Crippen LogP) is 3.18. The van der Waals surface area contributed by atoms with Crippen molar-refractivity contribution in [1.29, 1.82) is 0 Å². The number of halogens is 4. The second-order valence-corrected chi connectivity index (χ2v) is 5.82. The van der Waals surface area contributed by atoms with Crippen molar-refractivity contribution >= 4 is 22.4 Å². The molecule has 0 saturated heterocycles. The lowest BCUT2D eigenvalue weighted by Crippen LogP contribution is -2.19. The minimum absolute atomic E-state index is 0.0204. The molecule has 3 nitrogen and oxygen atoms in total. The van der Waals surface area contributed by atoms with E-state index in [1.54, 1.807) is 0 Å². The molecule has 0 fully saturated rings. The van der Waals surface area contributed by atoms with E-state index in [4.69, 9.17) is 0 Å². The van der Waals surface area contributed by atoms with Gasteiger partial charge in [-0.1, -0.05) is 0 Å². The van der Waals surface area contributed by atoms with Gasteiger partial charge >= 0.3 is 5.51 Å². The Hall–Kier alpha value is -1.57. The third kappa shape index (κ3) is 2.65. The van der Waals surface area contributed by atoms with Crippen molar-refractivity contribution in [2.24, 2.45) is 4.36 Å². The molecule has 1 aliphatic carbocycles. The van der Waals surface area contributed by atoms with Crippen molar-refractivity contribution in [1.82, 2.24) is 0 Å². The first-order chi connectivity index (χ1) is 9.21. The summed E-state index contributed by atoms with van der Waals surface area (Å²) in [4.78, 5) is 22.2. The quantitative estimate of drug-likeness (QED) is 0.748. The Bertz CT molecular complexity index is 637. The molecule has 0 heterocycles. The van der Waals surface area contributed by atoms with E-state index in [0.717, 1.165) is 19.1 Å². The number of rotatable bonds is 1. The molecule has 0 radical (unpaired) electrons. The Kier molecular flexibility index (Phi) is 3.77. The Morgan fingerprint density at radius 3 is 2.50 bits per heavy atom. The number of hydrogen-bond acceptors (Lipinski definition) is 2. The second kappa shape index (κ2) is 5.08. The van der Waals surface area contributed by atoms with Crippen molar-refractivity contribution in [3.63, 3.8) is 0 Å². The Morgan fingerprint density at radius 2 is 1.95 bits per heavy atom. The molecule has 1 atom stereocenters. The molecule has 0 saturated carbocycles. The summed E-state index contributed by atoms with van der Waals surface area (Å²) in [6.45, 7) is 0.900. The van der Waals surface area contributed by atoms with Crippen LogP contribution in [-0.4, -0.2) is 17.2 Å². The van der Waals surface area contributed by atoms with Gasteiger partial charge in [0.25, 0.3) is 0 Å². The average Bonchev–Trinajstić information content (AvgIpc) is 2.70. The highest BCUT2D eigenvalue weighted by Gasteiger charge is 2.40. The summed E-state index contributed by atoms with van der Waals surface area (Å²) >= 11 is 0. The standard InChI is InChI=1S/C12H9F4NO2S/c1-6(18)17-20(12(14,15)16)10-5-3-8(13)7-2-4-9(19)11(7)10/h3,5H,2,4H2,1H3. The zero-order chi connectivity index (χ0) is 15.1. The fourth-order valence-corrected chi connectivity index (χ4v) is 3.37. The normalized spacial score (nSPS) is 16.4. The number of benzene rings is 1. The van der Waals surface area contributed by atoms with Gasteiger partial charge in [-0.25, -0.2) is 4.39 Å². The van der Waals surface area contributed by atoms with E-state index in [0.29, 0.717) is 0 Å². The molecule has 0 aliphatic heterocycles. The van der Waals surface area contributed by atoms with E-state index in [1.165, 1.54) is 0 Å². The summed E-state index contributed by atoms with van der Waals surface area (Å²) in [5.41, 5.74) is -5.08. The van der Waals surface area contributed by atoms with Crippen LogP contribution in [0.5, 0.6) is 0 Å². The number of carbonyl (C=O) groups is 2. The van der Waals surface area contributed by atoms with Crippen molar-refractivity contribution in [3.8, 4) is 0 Å². The molecule has 2 rings (SSSR count). The van der Waals surface area contributed by atoms with E-state index >= 15 is 0 Å². The van der Waals surface area contributed by atoms with Crippen LogP contribution < -0.4 is 0 Å². The van der Waals surface area contributed by atoms with Gasteiger partial charge < -0.3 is 0 Å². The van der Waals surface area contributed by atoms with Gasteiger partial charge in [-0.05, 0) is 18.6 Å². The third-order valence-corrected chi connectivity index (χ3v) is 4.38. The maximum absolute atomic E-state index is 13.5. The van der Waals surface area contributed by atoms with Crippen LogP contribution in [-0.2, 0) is 21.9 Å². The first-order valence-electron chi connectivity index (χ1n) is 5.60. The van der Waals surface area contributed by atoms with Gasteiger partial charge in [-0.15, -0.1) is 0 Å². The molecular formula is C12H9F4NO2S. The highest BCUT2D eigenvalue weighted by molar-refractivity contribution is 7.88. The molecule has 0 bridgehead atoms. The Morgan fingerprint density at radius 1 is 1.30 bits per heavy atom. The number of fused-ring (bicyclic) bond motifs is 1. The fraction of sp³-hybridized carbons (Fsp3) is 0.333. The summed E-state index contributed by atoms with van der Waals surface area (Å²) in [7, 11) is -2.76. The van der Waals surface area contributed by atoms with Crippen LogP contribution in [0.1, 0.15) is 29.3 Å². The summed E-state index contributed by atoms with van der Waals surface area (Å²) in [6.07, 6.45) is 0.0430. The van der Waals surface area contributed by atoms with Crippen LogP contribution in [0.2, 0.25) is 0 Å². The van der Waals surface area contributed by atoms with Crippen LogP contribution in [0.15, 0.2) is 21.4 Å². The van der Waals surface area contributed by atoms with Gasteiger partial charge in [0.1, 0.15) is 5.82 Å². The second-order valence-electron chi connectivity index (χ2n) is 4.16. The number of Topliss-reactive ketones (excluding diaryl/α,β-unsaturated/α-hetero) is 1. The van der Waals surface area contributed by atoms with Gasteiger partial charge in [0.2, 0.25) is 5.91 Å². The summed E-state index contributed by atoms with van der Waals surface area (Å²) in [5, 5.41) is 0. The Balaban J connectivity index is 2.72. The summed E-state index contributed by atoms with van der Waals surface area (Å²) in [5.74, 6) is -2.24. The number of carbonyl (C=O) groups excluding carboxylic acids is 2. The lowest BCUT2D eigenvalue weighted by Gasteiger charge is -2.14. The molecule has 0 spiro atoms. The summed E-state index contributed by atoms with van der Waals surface area (Å²) < 4.78 is 55.7. The van der Waals surface area contributed by atoms with Gasteiger partial charge in [-0.2, -0.15) is 17.5 Å². The first kappa shape index (κ1) is 14.8. The zero-order valence-electron chi connectivity index (χ0n) is 10.3. The topological polar surface area (TPSA) is 46.5 Å². The smallest absolute Gasteiger partial charge is 0.294 e. The molecule has 20 heavy (non-hydrogen) atoms. The van der Waals surface area contributed by atoms with E-state index < -0.39 is 38.6 Å². The van der Waals surface area contributed by atoms with Crippen molar-refractivity contribution in [2.45, 2.75) is 30.2 Å². The maximum atomic E-state index is 13.5. The third-order valence-electron chi connectivity index (χ3n) is 2.75. The molecule has 1 aliphatic rings. The molecule has 1 amide bonds. The van der Waals surface area contributed by atoms with Crippen LogP contribution in [0, 0.1) is 5.82 Å². The first-order valence-corrected chi connectivity index (χ1v) is 6.78. The number of hydrogen-bond donors (Lipinski definition) is 0. The molecule has 8 heteroatoms. The van der Waals surface area contributed by atoms with Crippen LogP contribution in [0.25, 0.3) is 0 Å². The SMILES string of the molecule is CC(=O)/N=S(\c1ccc(F)c2c1C(=O)CC2)C(F)(F)F. The summed E-state index contributed by atoms with van der Waals surface area (Å²) in [6, 6.07) is 1.77. The van der Waals surface area contributed by atoms with Crippen LogP contribution >= 0.6 is 0 Å². The van der Waals surface area contributed by atoms with E-state index in [-0.39, 0.29) is 24.0 Å². The maximum Gasteiger partial charge on any atom is 0.457 e. The van der Waals surface area contributed by atoms with Gasteiger partial charge in [-0.3, -0.25) is 9.59 Å². The highest BCUT2D eigenvalue weighted by atomic mass is 32.2. The number of amides is 1. The van der Waals surface area contributed by atoms with Gasteiger partial charge in [0.15, 0.2) is 5.78 Å². The molecule has 1 aromatic carbocycles. The molecule has 0 aromatic heterocycles. The van der Waals surface area contributed by atoms with Gasteiger partial charge in [0, 0.05) is 40.1 Å². The minimum Gasteiger partial charge on any atom is -0.294 e. The number of ketones is 1. The lowest BCUT2D eigenvalue weighted by molar-refractivity contribution is -0.115. The predicted molar refractivity (Wildman–Crippen MR) is 63.8 cm³/mol.